The van der Waals surface area contributed by atoms with Gasteiger partial charge < -0.3 is 14.8 Å². The minimum absolute atomic E-state index is 0.0155. The van der Waals surface area contributed by atoms with Gasteiger partial charge in [-0.1, -0.05) is 12.1 Å². The van der Waals surface area contributed by atoms with E-state index in [1.165, 1.54) is 24.4 Å². The average Bonchev–Trinajstić information content (AvgIpc) is 2.74. The predicted octanol–water partition coefficient (Wildman–Crippen LogP) is 3.98. The Labute approximate surface area is 171 Å². The maximum atomic E-state index is 12.2. The molecule has 0 unspecified atom stereocenters. The number of aromatic nitrogens is 1. The van der Waals surface area contributed by atoms with Gasteiger partial charge in [-0.05, 0) is 48.9 Å². The van der Waals surface area contributed by atoms with E-state index in [2.05, 4.69) is 10.3 Å². The summed E-state index contributed by atoms with van der Waals surface area (Å²) in [6.07, 6.45) is 1.52. The maximum Gasteiger partial charge on any atom is 0.310 e. The molecule has 3 rings (SSSR count). The summed E-state index contributed by atoms with van der Waals surface area (Å²) in [7, 11) is 0. The van der Waals surface area contributed by atoms with Crippen LogP contribution in [0, 0.1) is 28.4 Å². The summed E-state index contributed by atoms with van der Waals surface area (Å²) in [6, 6.07) is 16.0. The quantitative estimate of drug-likeness (QED) is 0.466. The van der Waals surface area contributed by atoms with Gasteiger partial charge in [0.05, 0.1) is 4.92 Å². The Hall–Kier alpha value is -4.45. The zero-order valence-corrected chi connectivity index (χ0v) is 15.9. The van der Waals surface area contributed by atoms with Crippen molar-refractivity contribution in [2.24, 2.45) is 0 Å². The molecule has 0 fully saturated rings. The number of para-hydroxylation sites is 2. The molecule has 0 atom stereocenters. The van der Waals surface area contributed by atoms with Crippen LogP contribution in [0.15, 0.2) is 60.8 Å². The van der Waals surface area contributed by atoms with Crippen molar-refractivity contribution in [3.63, 3.8) is 0 Å². The van der Waals surface area contributed by atoms with Crippen LogP contribution in [0.25, 0.3) is 0 Å². The van der Waals surface area contributed by atoms with Crippen molar-refractivity contribution in [3.8, 4) is 23.4 Å². The Morgan fingerprint density at radius 2 is 2.03 bits per heavy atom. The molecular weight excluding hydrogens is 388 g/mol. The van der Waals surface area contributed by atoms with Gasteiger partial charge in [0, 0.05) is 18.0 Å². The number of nitriles is 1. The number of anilines is 1. The molecule has 30 heavy (non-hydrogen) atoms. The van der Waals surface area contributed by atoms with Crippen LogP contribution in [0.3, 0.4) is 0 Å². The first kappa shape index (κ1) is 20.3. The van der Waals surface area contributed by atoms with E-state index in [0.29, 0.717) is 22.6 Å². The molecule has 9 nitrogen and oxygen atoms in total. The van der Waals surface area contributed by atoms with Crippen LogP contribution in [0.1, 0.15) is 11.1 Å². The third-order valence-electron chi connectivity index (χ3n) is 4.00. The molecular formula is C21H16N4O5. The first-order chi connectivity index (χ1) is 14.5. The Morgan fingerprint density at radius 3 is 2.77 bits per heavy atom. The van der Waals surface area contributed by atoms with Crippen molar-refractivity contribution in [3.05, 3.63) is 82.0 Å². The standard InChI is InChI=1S/C21H16N4O5/c1-14-11-16(30-21-15(12-22)5-4-10-23-21)8-9-17(14)24-20(26)13-29-19-7-3-2-6-18(19)25(27)28/h2-11H,13H2,1H3,(H,24,26). The van der Waals surface area contributed by atoms with Crippen molar-refractivity contribution in [2.45, 2.75) is 6.92 Å². The summed E-state index contributed by atoms with van der Waals surface area (Å²) < 4.78 is 10.9. The minimum Gasteiger partial charge on any atom is -0.477 e. The van der Waals surface area contributed by atoms with E-state index < -0.39 is 10.8 Å². The van der Waals surface area contributed by atoms with Crippen molar-refractivity contribution in [1.29, 1.82) is 5.26 Å². The predicted molar refractivity (Wildman–Crippen MR) is 107 cm³/mol. The van der Waals surface area contributed by atoms with Crippen LogP contribution in [0.2, 0.25) is 0 Å². The highest BCUT2D eigenvalue weighted by atomic mass is 16.6. The van der Waals surface area contributed by atoms with E-state index in [0.717, 1.165) is 0 Å². The molecule has 9 heteroatoms. The summed E-state index contributed by atoms with van der Waals surface area (Å²) >= 11 is 0. The Kier molecular flexibility index (Phi) is 6.20. The van der Waals surface area contributed by atoms with Crippen molar-refractivity contribution in [1.82, 2.24) is 4.98 Å². The summed E-state index contributed by atoms with van der Waals surface area (Å²) in [5.41, 5.74) is 1.33. The molecule has 0 aliphatic heterocycles. The summed E-state index contributed by atoms with van der Waals surface area (Å²) in [5.74, 6) is 0.189. The molecule has 1 N–H and O–H groups in total. The fourth-order valence-electron chi connectivity index (χ4n) is 2.57. The van der Waals surface area contributed by atoms with Crippen molar-refractivity contribution >= 4 is 17.3 Å². The molecule has 0 radical (unpaired) electrons. The highest BCUT2D eigenvalue weighted by Crippen LogP contribution is 2.27. The molecule has 0 aliphatic carbocycles. The van der Waals surface area contributed by atoms with Gasteiger partial charge in [-0.15, -0.1) is 0 Å². The van der Waals surface area contributed by atoms with E-state index in [4.69, 9.17) is 14.7 Å². The second-order valence-corrected chi connectivity index (χ2v) is 6.11. The normalized spacial score (nSPS) is 10.0. The number of carbonyl (C=O) groups is 1. The molecule has 1 aromatic heterocycles. The van der Waals surface area contributed by atoms with Crippen LogP contribution in [0.5, 0.6) is 17.4 Å². The highest BCUT2D eigenvalue weighted by Gasteiger charge is 2.15. The van der Waals surface area contributed by atoms with Crippen LogP contribution >= 0.6 is 0 Å². The number of aryl methyl sites for hydroxylation is 1. The molecule has 1 heterocycles. The number of rotatable bonds is 7. The SMILES string of the molecule is Cc1cc(Oc2ncccc2C#N)ccc1NC(=O)COc1ccccc1[N+](=O)[O-]. The van der Waals surface area contributed by atoms with Crippen molar-refractivity contribution < 1.29 is 19.2 Å². The lowest BCUT2D eigenvalue weighted by molar-refractivity contribution is -0.385. The summed E-state index contributed by atoms with van der Waals surface area (Å²) in [5, 5.41) is 22.8. The maximum absolute atomic E-state index is 12.2. The molecule has 0 aliphatic rings. The largest absolute Gasteiger partial charge is 0.477 e. The van der Waals surface area contributed by atoms with Gasteiger partial charge in [-0.25, -0.2) is 4.98 Å². The van der Waals surface area contributed by atoms with E-state index in [-0.39, 0.29) is 23.9 Å². The number of nitrogens with one attached hydrogen (secondary N) is 1. The van der Waals surface area contributed by atoms with Crippen molar-refractivity contribution in [2.75, 3.05) is 11.9 Å². The van der Waals surface area contributed by atoms with Gasteiger partial charge in [0.15, 0.2) is 12.4 Å². The number of hydrogen-bond donors (Lipinski definition) is 1. The van der Waals surface area contributed by atoms with Gasteiger partial charge in [0.1, 0.15) is 17.4 Å². The number of benzene rings is 2. The molecule has 0 saturated carbocycles. The lowest BCUT2D eigenvalue weighted by Gasteiger charge is -2.12. The molecule has 0 bridgehead atoms. The van der Waals surface area contributed by atoms with Gasteiger partial charge in [-0.2, -0.15) is 5.26 Å². The number of carbonyl (C=O) groups excluding carboxylic acids is 1. The number of pyridine rings is 1. The number of nitrogens with zero attached hydrogens (tertiary/aromatic N) is 3. The average molecular weight is 404 g/mol. The molecule has 150 valence electrons. The van der Waals surface area contributed by atoms with Crippen LogP contribution in [-0.4, -0.2) is 22.4 Å². The number of hydrogen-bond acceptors (Lipinski definition) is 7. The fourth-order valence-corrected chi connectivity index (χ4v) is 2.57. The minimum atomic E-state index is -0.574. The van der Waals surface area contributed by atoms with Gasteiger partial charge in [0.2, 0.25) is 5.88 Å². The second kappa shape index (κ2) is 9.16. The Morgan fingerprint density at radius 1 is 1.23 bits per heavy atom. The third-order valence-corrected chi connectivity index (χ3v) is 4.00. The monoisotopic (exact) mass is 404 g/mol. The van der Waals surface area contributed by atoms with Crippen LogP contribution in [-0.2, 0) is 4.79 Å². The van der Waals surface area contributed by atoms with E-state index >= 15 is 0 Å². The van der Waals surface area contributed by atoms with Crippen LogP contribution < -0.4 is 14.8 Å². The van der Waals surface area contributed by atoms with E-state index in [1.807, 2.05) is 6.07 Å². The number of nitro benzene ring substituents is 1. The molecule has 1 amide bonds. The second-order valence-electron chi connectivity index (χ2n) is 6.11. The lowest BCUT2D eigenvalue weighted by Crippen LogP contribution is -2.20. The first-order valence-electron chi connectivity index (χ1n) is 8.77. The van der Waals surface area contributed by atoms with E-state index in [9.17, 15) is 14.9 Å². The molecule has 3 aromatic rings. The molecule has 2 aromatic carbocycles. The number of ether oxygens (including phenoxy) is 2. The van der Waals surface area contributed by atoms with Gasteiger partial charge in [-0.3, -0.25) is 14.9 Å². The molecule has 0 spiro atoms. The third kappa shape index (κ3) is 4.88. The van der Waals surface area contributed by atoms with Crippen LogP contribution in [0.4, 0.5) is 11.4 Å². The smallest absolute Gasteiger partial charge is 0.310 e. The lowest BCUT2D eigenvalue weighted by atomic mass is 10.2. The topological polar surface area (TPSA) is 127 Å². The Bertz CT molecular complexity index is 1140. The number of amides is 1. The van der Waals surface area contributed by atoms with Gasteiger partial charge in [0.25, 0.3) is 5.91 Å². The van der Waals surface area contributed by atoms with Gasteiger partial charge >= 0.3 is 5.69 Å². The highest BCUT2D eigenvalue weighted by molar-refractivity contribution is 5.92. The zero-order valence-electron chi connectivity index (χ0n) is 15.9. The van der Waals surface area contributed by atoms with E-state index in [1.54, 1.807) is 43.3 Å². The number of nitro groups is 1. The summed E-state index contributed by atoms with van der Waals surface area (Å²) in [6.45, 7) is 1.39. The summed E-state index contributed by atoms with van der Waals surface area (Å²) in [4.78, 5) is 26.7. The Balaban J connectivity index is 1.64. The molecule has 0 saturated heterocycles. The first-order valence-corrected chi connectivity index (χ1v) is 8.77. The fraction of sp³-hybridized carbons (Fsp3) is 0.0952. The zero-order chi connectivity index (χ0) is 21.5.